The molecule has 11 aromatic rings. The molecule has 0 atom stereocenters. The molecule has 0 aliphatic heterocycles. The van der Waals surface area contributed by atoms with Gasteiger partial charge in [-0.15, -0.1) is 34.0 Å². The lowest BCUT2D eigenvalue weighted by atomic mass is 9.85. The summed E-state index contributed by atoms with van der Waals surface area (Å²) < 4.78 is 8.11. The second kappa shape index (κ2) is 9.73. The number of hydrogen-bond donors (Lipinski definition) is 0. The molecule has 0 amide bonds. The van der Waals surface area contributed by atoms with Gasteiger partial charge in [-0.2, -0.15) is 0 Å². The van der Waals surface area contributed by atoms with Gasteiger partial charge in [-0.1, -0.05) is 115 Å². The second-order valence-electron chi connectivity index (χ2n) is 12.4. The van der Waals surface area contributed by atoms with Crippen LogP contribution in [0.5, 0.6) is 0 Å². The summed E-state index contributed by atoms with van der Waals surface area (Å²) in [5.41, 5.74) is 5.31. The topological polar surface area (TPSA) is 0 Å². The van der Waals surface area contributed by atoms with Crippen molar-refractivity contribution < 1.29 is 0 Å². The van der Waals surface area contributed by atoms with Gasteiger partial charge >= 0.3 is 0 Å². The summed E-state index contributed by atoms with van der Waals surface area (Å²) in [7, 11) is 0. The van der Waals surface area contributed by atoms with Gasteiger partial charge in [-0.3, -0.25) is 0 Å². The fourth-order valence-corrected chi connectivity index (χ4v) is 11.5. The highest BCUT2D eigenvalue weighted by molar-refractivity contribution is 7.29. The minimum atomic E-state index is 1.27. The predicted molar refractivity (Wildman–Crippen MR) is 211 cm³/mol. The van der Waals surface area contributed by atoms with E-state index in [1.165, 1.54) is 104 Å². The molecule has 0 aliphatic rings. The molecule has 0 spiro atoms. The SMILES string of the molecule is c1ccc2c(c1)sc1cc(-c3c4ccccc4c(-c4c5sc6ccccc6c5cc5c4sc4ccccc45)c4ccccc34)ccc12. The smallest absolute Gasteiger partial charge is 0.0448 e. The summed E-state index contributed by atoms with van der Waals surface area (Å²) in [4.78, 5) is 0. The first-order chi connectivity index (χ1) is 23.3. The predicted octanol–water partition coefficient (Wildman–Crippen LogP) is 14.4. The third-order valence-corrected chi connectivity index (χ3v) is 13.4. The summed E-state index contributed by atoms with van der Waals surface area (Å²) in [6.07, 6.45) is 0. The molecule has 218 valence electrons. The van der Waals surface area contributed by atoms with Crippen molar-refractivity contribution >= 4 is 116 Å². The van der Waals surface area contributed by atoms with E-state index in [1.54, 1.807) is 0 Å². The molecule has 8 aromatic carbocycles. The molecule has 0 radical (unpaired) electrons. The highest BCUT2D eigenvalue weighted by Crippen LogP contribution is 2.53. The molecular weight excluding hydrogens is 625 g/mol. The van der Waals surface area contributed by atoms with Crippen molar-refractivity contribution in [1.82, 2.24) is 0 Å². The molecule has 0 aliphatic carbocycles. The third kappa shape index (κ3) is 3.62. The van der Waals surface area contributed by atoms with Gasteiger partial charge in [0.15, 0.2) is 0 Å². The highest BCUT2D eigenvalue weighted by atomic mass is 32.1. The van der Waals surface area contributed by atoms with E-state index in [1.807, 2.05) is 34.0 Å². The Morgan fingerprint density at radius 2 is 0.660 bits per heavy atom. The van der Waals surface area contributed by atoms with Crippen LogP contribution in [-0.2, 0) is 0 Å². The zero-order valence-electron chi connectivity index (χ0n) is 25.1. The Morgan fingerprint density at radius 3 is 1.19 bits per heavy atom. The van der Waals surface area contributed by atoms with Crippen LogP contribution >= 0.6 is 34.0 Å². The Kier molecular flexibility index (Phi) is 5.39. The monoisotopic (exact) mass is 648 g/mol. The Hall–Kier alpha value is -5.06. The molecule has 47 heavy (non-hydrogen) atoms. The normalized spacial score (nSPS) is 12.3. The minimum absolute atomic E-state index is 1.27. The summed E-state index contributed by atoms with van der Waals surface area (Å²) >= 11 is 5.76. The zero-order chi connectivity index (χ0) is 30.6. The number of benzene rings is 8. The summed E-state index contributed by atoms with van der Waals surface area (Å²) in [5, 5.41) is 13.3. The van der Waals surface area contributed by atoms with Gasteiger partial charge in [0.1, 0.15) is 0 Å². The van der Waals surface area contributed by atoms with Crippen LogP contribution in [0.3, 0.4) is 0 Å². The van der Waals surface area contributed by atoms with E-state index in [4.69, 9.17) is 0 Å². The lowest BCUT2D eigenvalue weighted by Crippen LogP contribution is -1.91. The molecule has 0 nitrogen and oxygen atoms in total. The van der Waals surface area contributed by atoms with Crippen LogP contribution in [0.1, 0.15) is 0 Å². The van der Waals surface area contributed by atoms with Crippen LogP contribution in [0.25, 0.3) is 104 Å². The quantitative estimate of drug-likeness (QED) is 0.164. The fourth-order valence-electron chi connectivity index (χ4n) is 7.85. The minimum Gasteiger partial charge on any atom is -0.135 e. The van der Waals surface area contributed by atoms with Crippen molar-refractivity contribution in [1.29, 1.82) is 0 Å². The molecule has 3 aromatic heterocycles. The molecule has 0 saturated heterocycles. The molecule has 0 saturated carbocycles. The van der Waals surface area contributed by atoms with Gasteiger partial charge < -0.3 is 0 Å². The van der Waals surface area contributed by atoms with Crippen molar-refractivity contribution in [3.8, 4) is 22.3 Å². The average molecular weight is 649 g/mol. The van der Waals surface area contributed by atoms with E-state index in [2.05, 4.69) is 146 Å². The molecule has 11 rings (SSSR count). The molecule has 3 heterocycles. The molecule has 0 unspecified atom stereocenters. The van der Waals surface area contributed by atoms with Crippen molar-refractivity contribution in [2.45, 2.75) is 0 Å². The molecule has 0 fully saturated rings. The Labute approximate surface area is 282 Å². The van der Waals surface area contributed by atoms with Gasteiger partial charge in [0.2, 0.25) is 0 Å². The number of hydrogen-bond acceptors (Lipinski definition) is 3. The van der Waals surface area contributed by atoms with E-state index in [0.717, 1.165) is 0 Å². The molecule has 0 N–H and O–H groups in total. The Balaban J connectivity index is 1.32. The molecule has 3 heteroatoms. The average Bonchev–Trinajstić information content (AvgIpc) is 3.81. The van der Waals surface area contributed by atoms with Crippen molar-refractivity contribution in [2.24, 2.45) is 0 Å². The van der Waals surface area contributed by atoms with E-state index in [-0.39, 0.29) is 0 Å². The van der Waals surface area contributed by atoms with Gasteiger partial charge in [-0.05, 0) is 63.0 Å². The number of fused-ring (bicyclic) bond motifs is 11. The maximum atomic E-state index is 2.46. The van der Waals surface area contributed by atoms with E-state index >= 15 is 0 Å². The van der Waals surface area contributed by atoms with E-state index < -0.39 is 0 Å². The van der Waals surface area contributed by atoms with Crippen LogP contribution in [0.2, 0.25) is 0 Å². The van der Waals surface area contributed by atoms with Gasteiger partial charge in [-0.25, -0.2) is 0 Å². The van der Waals surface area contributed by atoms with Gasteiger partial charge in [0, 0.05) is 71.6 Å². The number of thiophene rings is 3. The maximum Gasteiger partial charge on any atom is 0.0448 e. The summed E-state index contributed by atoms with van der Waals surface area (Å²) in [6, 6.07) is 54.4. The first-order valence-electron chi connectivity index (χ1n) is 15.9. The first-order valence-corrected chi connectivity index (χ1v) is 18.4. The van der Waals surface area contributed by atoms with Crippen LogP contribution in [0.15, 0.2) is 146 Å². The standard InChI is InChI=1S/C44H24S3/c1-3-16-32-30(14-1)40(25-21-22-29-26-11-5-8-18-36(26)45-39(29)23-25)31-15-2-4-17-33(31)41(32)42-43-34(27-12-6-9-19-37(27)46-43)24-35-28-13-7-10-20-38(28)47-44(35)42/h1-24H. The van der Waals surface area contributed by atoms with Crippen molar-refractivity contribution in [3.05, 3.63) is 146 Å². The van der Waals surface area contributed by atoms with Crippen LogP contribution in [0, 0.1) is 0 Å². The first kappa shape index (κ1) is 26.1. The van der Waals surface area contributed by atoms with Gasteiger partial charge in [0.05, 0.1) is 0 Å². The van der Waals surface area contributed by atoms with E-state index in [9.17, 15) is 0 Å². The van der Waals surface area contributed by atoms with Crippen molar-refractivity contribution in [2.75, 3.05) is 0 Å². The largest absolute Gasteiger partial charge is 0.135 e. The third-order valence-electron chi connectivity index (χ3n) is 9.86. The van der Waals surface area contributed by atoms with Crippen LogP contribution < -0.4 is 0 Å². The van der Waals surface area contributed by atoms with Crippen LogP contribution in [-0.4, -0.2) is 0 Å². The van der Waals surface area contributed by atoms with Crippen molar-refractivity contribution in [3.63, 3.8) is 0 Å². The zero-order valence-corrected chi connectivity index (χ0v) is 27.5. The summed E-state index contributed by atoms with van der Waals surface area (Å²) in [6.45, 7) is 0. The lowest BCUT2D eigenvalue weighted by molar-refractivity contribution is 1.72. The lowest BCUT2D eigenvalue weighted by Gasteiger charge is -2.19. The highest BCUT2D eigenvalue weighted by Gasteiger charge is 2.23. The van der Waals surface area contributed by atoms with E-state index in [0.29, 0.717) is 0 Å². The maximum absolute atomic E-state index is 2.46. The van der Waals surface area contributed by atoms with Crippen LogP contribution in [0.4, 0.5) is 0 Å². The molecule has 0 bridgehead atoms. The fraction of sp³-hybridized carbons (Fsp3) is 0. The Bertz CT molecular complexity index is 2930. The second-order valence-corrected chi connectivity index (χ2v) is 15.5. The Morgan fingerprint density at radius 1 is 0.255 bits per heavy atom. The summed E-state index contributed by atoms with van der Waals surface area (Å²) in [5.74, 6) is 0. The number of rotatable bonds is 2. The molecular formula is C44H24S3. The van der Waals surface area contributed by atoms with Gasteiger partial charge in [0.25, 0.3) is 0 Å².